The lowest BCUT2D eigenvalue weighted by atomic mass is 9.80. The molecule has 0 amide bonds. The summed E-state index contributed by atoms with van der Waals surface area (Å²) in [6, 6.07) is 0. The van der Waals surface area contributed by atoms with Crippen molar-refractivity contribution in [2.45, 2.75) is 57.5 Å². The van der Waals surface area contributed by atoms with Crippen molar-refractivity contribution in [3.63, 3.8) is 0 Å². The maximum Gasteiger partial charge on any atom is 0.316 e. The second-order valence-corrected chi connectivity index (χ2v) is 5.91. The molecule has 0 aromatic heterocycles. The van der Waals surface area contributed by atoms with E-state index in [9.17, 15) is 9.59 Å². The van der Waals surface area contributed by atoms with Crippen molar-refractivity contribution in [2.24, 2.45) is 5.41 Å². The fourth-order valence-electron chi connectivity index (χ4n) is 3.89. The van der Waals surface area contributed by atoms with E-state index >= 15 is 0 Å². The van der Waals surface area contributed by atoms with Gasteiger partial charge in [0.25, 0.3) is 0 Å². The predicted octanol–water partition coefficient (Wildman–Crippen LogP) is 2.52. The summed E-state index contributed by atoms with van der Waals surface area (Å²) in [6.07, 6.45) is 7.29. The van der Waals surface area contributed by atoms with Gasteiger partial charge in [0.15, 0.2) is 0 Å². The van der Waals surface area contributed by atoms with E-state index in [-0.39, 0.29) is 24.5 Å². The maximum absolute atomic E-state index is 12.2. The molecule has 1 aliphatic heterocycles. The summed E-state index contributed by atoms with van der Waals surface area (Å²) in [5, 5.41) is 0. The number of carbonyl (C=O) groups is 2. The van der Waals surface area contributed by atoms with Gasteiger partial charge in [-0.15, -0.1) is 0 Å². The Morgan fingerprint density at radius 2 is 1.95 bits per heavy atom. The minimum Gasteiger partial charge on any atom is -0.468 e. The zero-order valence-electron chi connectivity index (χ0n) is 11.4. The van der Waals surface area contributed by atoms with E-state index in [0.717, 1.165) is 19.3 Å². The smallest absolute Gasteiger partial charge is 0.316 e. The first-order valence-electron chi connectivity index (χ1n) is 7.16. The summed E-state index contributed by atoms with van der Waals surface area (Å²) in [5.41, 5.74) is 1.82. The van der Waals surface area contributed by atoms with Gasteiger partial charge in [-0.25, -0.2) is 0 Å². The van der Waals surface area contributed by atoms with Crippen LogP contribution in [-0.2, 0) is 19.1 Å². The van der Waals surface area contributed by atoms with E-state index in [1.54, 1.807) is 0 Å². The second-order valence-electron chi connectivity index (χ2n) is 5.91. The Morgan fingerprint density at radius 1 is 1.21 bits per heavy atom. The molecule has 0 aromatic carbocycles. The first-order valence-corrected chi connectivity index (χ1v) is 7.16. The summed E-state index contributed by atoms with van der Waals surface area (Å²) in [6.45, 7) is 0. The molecule has 3 rings (SSSR count). The molecule has 4 heteroatoms. The molecule has 2 atom stereocenters. The summed E-state index contributed by atoms with van der Waals surface area (Å²) >= 11 is 0. The molecule has 4 nitrogen and oxygen atoms in total. The standard InChI is InChI=1S/C15H20O4/c1-18-14(17)15-8-10-6-4-2-3-5-7-11(10)13(15)19-12(16)9-15/h13H,2-9H2,1H3. The lowest BCUT2D eigenvalue weighted by Gasteiger charge is -2.24. The van der Waals surface area contributed by atoms with Crippen LogP contribution in [-0.4, -0.2) is 25.2 Å². The van der Waals surface area contributed by atoms with Gasteiger partial charge in [-0.2, -0.15) is 0 Å². The van der Waals surface area contributed by atoms with E-state index in [1.807, 2.05) is 0 Å². The minimum absolute atomic E-state index is 0.178. The molecule has 1 saturated heterocycles. The molecular weight excluding hydrogens is 244 g/mol. The molecule has 0 radical (unpaired) electrons. The van der Waals surface area contributed by atoms with Crippen LogP contribution in [0.5, 0.6) is 0 Å². The van der Waals surface area contributed by atoms with E-state index in [2.05, 4.69) is 0 Å². The van der Waals surface area contributed by atoms with Gasteiger partial charge in [0.2, 0.25) is 0 Å². The van der Waals surface area contributed by atoms with Crippen LogP contribution in [0.1, 0.15) is 51.4 Å². The molecule has 0 saturated carbocycles. The van der Waals surface area contributed by atoms with Crippen LogP contribution in [0.15, 0.2) is 11.1 Å². The Hall–Kier alpha value is -1.32. The van der Waals surface area contributed by atoms with Gasteiger partial charge < -0.3 is 9.47 Å². The van der Waals surface area contributed by atoms with Gasteiger partial charge in [-0.05, 0) is 37.7 Å². The number of ether oxygens (including phenoxy) is 2. The lowest BCUT2D eigenvalue weighted by Crippen LogP contribution is -2.37. The Balaban J connectivity index is 1.95. The molecule has 1 heterocycles. The van der Waals surface area contributed by atoms with Gasteiger partial charge in [-0.3, -0.25) is 9.59 Å². The Morgan fingerprint density at radius 3 is 2.68 bits per heavy atom. The Bertz CT molecular complexity index is 451. The van der Waals surface area contributed by atoms with Crippen LogP contribution >= 0.6 is 0 Å². The van der Waals surface area contributed by atoms with Gasteiger partial charge in [0.1, 0.15) is 11.5 Å². The molecule has 104 valence electrons. The molecule has 0 N–H and O–H groups in total. The van der Waals surface area contributed by atoms with Crippen molar-refractivity contribution < 1.29 is 19.1 Å². The van der Waals surface area contributed by atoms with Crippen molar-refractivity contribution in [1.29, 1.82) is 0 Å². The van der Waals surface area contributed by atoms with E-state index < -0.39 is 5.41 Å². The molecule has 3 aliphatic rings. The molecule has 0 bridgehead atoms. The highest BCUT2D eigenvalue weighted by atomic mass is 16.6. The fourth-order valence-corrected chi connectivity index (χ4v) is 3.89. The van der Waals surface area contributed by atoms with Gasteiger partial charge >= 0.3 is 11.9 Å². The van der Waals surface area contributed by atoms with Crippen LogP contribution < -0.4 is 0 Å². The lowest BCUT2D eigenvalue weighted by molar-refractivity contribution is -0.154. The summed E-state index contributed by atoms with van der Waals surface area (Å²) < 4.78 is 10.4. The number of methoxy groups -OCH3 is 1. The highest BCUT2D eigenvalue weighted by Gasteiger charge is 2.60. The minimum atomic E-state index is -0.749. The molecule has 0 aromatic rings. The Kier molecular flexibility index (Phi) is 3.11. The molecule has 2 aliphatic carbocycles. The first-order chi connectivity index (χ1) is 9.17. The van der Waals surface area contributed by atoms with E-state index in [1.165, 1.54) is 37.5 Å². The summed E-state index contributed by atoms with van der Waals surface area (Å²) in [4.78, 5) is 23.9. The average Bonchev–Trinajstić information content (AvgIpc) is 2.82. The SMILES string of the molecule is COC(=O)C12CC(=O)OC1C1=C(CCCCCC1)C2. The largest absolute Gasteiger partial charge is 0.468 e. The topological polar surface area (TPSA) is 52.6 Å². The normalized spacial score (nSPS) is 34.2. The van der Waals surface area contributed by atoms with Crippen LogP contribution in [0.3, 0.4) is 0 Å². The third-order valence-electron chi connectivity index (χ3n) is 4.78. The number of allylic oxidation sites excluding steroid dienone is 1. The highest BCUT2D eigenvalue weighted by molar-refractivity contribution is 5.89. The number of carbonyl (C=O) groups excluding carboxylic acids is 2. The average molecular weight is 264 g/mol. The highest BCUT2D eigenvalue weighted by Crippen LogP contribution is 2.54. The molecule has 0 spiro atoms. The zero-order chi connectivity index (χ0) is 13.5. The number of esters is 2. The van der Waals surface area contributed by atoms with Crippen molar-refractivity contribution in [2.75, 3.05) is 7.11 Å². The number of hydrogen-bond donors (Lipinski definition) is 0. The van der Waals surface area contributed by atoms with Crippen LogP contribution in [0, 0.1) is 5.41 Å². The zero-order valence-corrected chi connectivity index (χ0v) is 11.4. The number of rotatable bonds is 1. The third kappa shape index (κ3) is 1.88. The van der Waals surface area contributed by atoms with Gasteiger partial charge in [0.05, 0.1) is 13.5 Å². The number of fused-ring (bicyclic) bond motifs is 2. The Labute approximate surface area is 113 Å². The quantitative estimate of drug-likeness (QED) is 0.539. The van der Waals surface area contributed by atoms with Gasteiger partial charge in [0, 0.05) is 0 Å². The third-order valence-corrected chi connectivity index (χ3v) is 4.78. The number of hydrogen-bond acceptors (Lipinski definition) is 4. The predicted molar refractivity (Wildman–Crippen MR) is 68.3 cm³/mol. The first kappa shape index (κ1) is 12.7. The monoisotopic (exact) mass is 264 g/mol. The molecule has 1 fully saturated rings. The van der Waals surface area contributed by atoms with Crippen molar-refractivity contribution in [3.8, 4) is 0 Å². The van der Waals surface area contributed by atoms with Crippen LogP contribution in [0.25, 0.3) is 0 Å². The summed E-state index contributed by atoms with van der Waals surface area (Å²) in [5.74, 6) is -0.542. The van der Waals surface area contributed by atoms with Crippen LogP contribution in [0.2, 0.25) is 0 Å². The second kappa shape index (κ2) is 4.66. The summed E-state index contributed by atoms with van der Waals surface area (Å²) in [7, 11) is 1.40. The van der Waals surface area contributed by atoms with Crippen molar-refractivity contribution in [1.82, 2.24) is 0 Å². The fraction of sp³-hybridized carbons (Fsp3) is 0.733. The van der Waals surface area contributed by atoms with E-state index in [4.69, 9.17) is 9.47 Å². The van der Waals surface area contributed by atoms with E-state index in [0.29, 0.717) is 6.42 Å². The molecular formula is C15H20O4. The molecule has 19 heavy (non-hydrogen) atoms. The van der Waals surface area contributed by atoms with Crippen molar-refractivity contribution >= 4 is 11.9 Å². The van der Waals surface area contributed by atoms with Crippen molar-refractivity contribution in [3.05, 3.63) is 11.1 Å². The van der Waals surface area contributed by atoms with Gasteiger partial charge in [-0.1, -0.05) is 18.4 Å². The van der Waals surface area contributed by atoms with Crippen LogP contribution in [0.4, 0.5) is 0 Å². The molecule has 2 unspecified atom stereocenters. The maximum atomic E-state index is 12.2.